The lowest BCUT2D eigenvalue weighted by molar-refractivity contribution is 0.0730. The van der Waals surface area contributed by atoms with Crippen molar-refractivity contribution in [2.75, 3.05) is 26.3 Å². The highest BCUT2D eigenvalue weighted by atomic mass is 32.2. The molecule has 170 valence electrons. The van der Waals surface area contributed by atoms with Crippen LogP contribution in [0.2, 0.25) is 0 Å². The summed E-state index contributed by atoms with van der Waals surface area (Å²) in [4.78, 5) is 0.261. The highest BCUT2D eigenvalue weighted by Crippen LogP contribution is 2.33. The average Bonchev–Trinajstić information content (AvgIpc) is 3.22. The van der Waals surface area contributed by atoms with Gasteiger partial charge in [0.05, 0.1) is 24.2 Å². The Morgan fingerprint density at radius 1 is 0.969 bits per heavy atom. The van der Waals surface area contributed by atoms with Crippen LogP contribution in [-0.4, -0.2) is 59.0 Å². The number of hydrogen-bond donors (Lipinski definition) is 0. The fourth-order valence-electron chi connectivity index (χ4n) is 3.73. The van der Waals surface area contributed by atoms with Gasteiger partial charge in [-0.1, -0.05) is 68.1 Å². The summed E-state index contributed by atoms with van der Waals surface area (Å²) in [5.41, 5.74) is 1.86. The van der Waals surface area contributed by atoms with Crippen LogP contribution < -0.4 is 0 Å². The second-order valence-electron chi connectivity index (χ2n) is 7.97. The van der Waals surface area contributed by atoms with Gasteiger partial charge in [0.1, 0.15) is 0 Å². The minimum absolute atomic E-state index is 0.0121. The third-order valence-electron chi connectivity index (χ3n) is 5.37. The quantitative estimate of drug-likeness (QED) is 0.482. The molecule has 0 N–H and O–H groups in total. The summed E-state index contributed by atoms with van der Waals surface area (Å²) >= 11 is 1.64. The number of thioether (sulfide) groups is 1. The van der Waals surface area contributed by atoms with E-state index in [4.69, 9.17) is 4.74 Å². The van der Waals surface area contributed by atoms with Crippen LogP contribution in [0.1, 0.15) is 32.4 Å². The van der Waals surface area contributed by atoms with Crippen LogP contribution in [0, 0.1) is 0 Å². The number of sulfonamides is 1. The van der Waals surface area contributed by atoms with E-state index in [-0.39, 0.29) is 10.9 Å². The molecular weight excluding hydrogens is 444 g/mol. The van der Waals surface area contributed by atoms with Crippen LogP contribution in [0.3, 0.4) is 0 Å². The number of hydrogen-bond acceptors (Lipinski definition) is 6. The second kappa shape index (κ2) is 9.74. The molecule has 0 saturated carbocycles. The van der Waals surface area contributed by atoms with E-state index in [0.717, 1.165) is 16.3 Å². The molecule has 0 spiro atoms. The number of nitrogens with zero attached hydrogens (tertiary/aromatic N) is 4. The lowest BCUT2D eigenvalue weighted by atomic mass is 10.1. The standard InChI is InChI=1S/C23H28N4O3S2/c1-17(2)31-23-25-24-22(27(23)18(3)19-8-5-4-6-9-19)20-10-7-11-21(16-20)32(28,29)26-12-14-30-15-13-26/h4-11,16-18H,12-15H2,1-3H3. The predicted molar refractivity (Wildman–Crippen MR) is 126 cm³/mol. The first-order valence-corrected chi connectivity index (χ1v) is 13.0. The van der Waals surface area contributed by atoms with Crippen LogP contribution in [0.15, 0.2) is 64.6 Å². The Balaban J connectivity index is 1.77. The van der Waals surface area contributed by atoms with Gasteiger partial charge >= 0.3 is 0 Å². The number of benzene rings is 2. The van der Waals surface area contributed by atoms with Crippen molar-refractivity contribution >= 4 is 21.8 Å². The Hall–Kier alpha value is -2.20. The first kappa shape index (κ1) is 23.0. The van der Waals surface area contributed by atoms with Crippen molar-refractivity contribution in [2.24, 2.45) is 0 Å². The van der Waals surface area contributed by atoms with Gasteiger partial charge < -0.3 is 4.74 Å². The zero-order valence-corrected chi connectivity index (χ0v) is 20.1. The topological polar surface area (TPSA) is 77.3 Å². The summed E-state index contributed by atoms with van der Waals surface area (Å²) in [5, 5.41) is 10.1. The lowest BCUT2D eigenvalue weighted by Gasteiger charge is -2.26. The fourth-order valence-corrected chi connectivity index (χ4v) is 6.05. The van der Waals surface area contributed by atoms with Crippen LogP contribution in [0.4, 0.5) is 0 Å². The van der Waals surface area contributed by atoms with E-state index >= 15 is 0 Å². The van der Waals surface area contributed by atoms with E-state index in [9.17, 15) is 8.42 Å². The number of aromatic nitrogens is 3. The first-order chi connectivity index (χ1) is 15.4. The Kier molecular flexibility index (Phi) is 6.99. The maximum Gasteiger partial charge on any atom is 0.243 e. The van der Waals surface area contributed by atoms with E-state index in [2.05, 4.69) is 47.7 Å². The van der Waals surface area contributed by atoms with Gasteiger partial charge in [-0.2, -0.15) is 4.31 Å². The molecule has 2 heterocycles. The van der Waals surface area contributed by atoms with Crippen LogP contribution in [-0.2, 0) is 14.8 Å². The maximum absolute atomic E-state index is 13.2. The van der Waals surface area contributed by atoms with Gasteiger partial charge in [0, 0.05) is 23.9 Å². The van der Waals surface area contributed by atoms with Crippen LogP contribution in [0.5, 0.6) is 0 Å². The van der Waals surface area contributed by atoms with E-state index in [0.29, 0.717) is 37.4 Å². The molecule has 1 aliphatic rings. The third kappa shape index (κ3) is 4.76. The molecule has 1 aliphatic heterocycles. The summed E-state index contributed by atoms with van der Waals surface area (Å²) in [6, 6.07) is 17.2. The van der Waals surface area contributed by atoms with Gasteiger partial charge in [-0.3, -0.25) is 4.57 Å². The van der Waals surface area contributed by atoms with Gasteiger partial charge in [-0.15, -0.1) is 10.2 Å². The monoisotopic (exact) mass is 472 g/mol. The summed E-state index contributed by atoms with van der Waals surface area (Å²) < 4.78 is 35.3. The molecule has 3 aromatic rings. The number of ether oxygens (including phenoxy) is 1. The SMILES string of the molecule is CC(C)Sc1nnc(-c2cccc(S(=O)(=O)N3CCOCC3)c2)n1C(C)c1ccccc1. The normalized spacial score (nSPS) is 16.4. The van der Waals surface area contributed by atoms with Crippen molar-refractivity contribution in [2.45, 2.75) is 42.1 Å². The van der Waals surface area contributed by atoms with Crippen molar-refractivity contribution < 1.29 is 13.2 Å². The van der Waals surface area contributed by atoms with Crippen molar-refractivity contribution in [3.63, 3.8) is 0 Å². The molecule has 1 fully saturated rings. The third-order valence-corrected chi connectivity index (χ3v) is 8.23. The molecule has 7 nitrogen and oxygen atoms in total. The Bertz CT molecular complexity index is 1160. The van der Waals surface area contributed by atoms with E-state index < -0.39 is 10.0 Å². The minimum atomic E-state index is -3.60. The molecule has 1 saturated heterocycles. The molecule has 0 aliphatic carbocycles. The second-order valence-corrected chi connectivity index (χ2v) is 11.5. The Labute approximate surface area is 193 Å². The molecule has 32 heavy (non-hydrogen) atoms. The molecule has 0 bridgehead atoms. The van der Waals surface area contributed by atoms with Gasteiger partial charge in [0.15, 0.2) is 11.0 Å². The molecule has 2 aromatic carbocycles. The van der Waals surface area contributed by atoms with Crippen molar-refractivity contribution in [3.8, 4) is 11.4 Å². The van der Waals surface area contributed by atoms with Gasteiger partial charge in [-0.25, -0.2) is 8.42 Å². The van der Waals surface area contributed by atoms with Gasteiger partial charge in [0.2, 0.25) is 10.0 Å². The maximum atomic E-state index is 13.2. The Morgan fingerprint density at radius 3 is 2.38 bits per heavy atom. The fraction of sp³-hybridized carbons (Fsp3) is 0.391. The smallest absolute Gasteiger partial charge is 0.243 e. The zero-order chi connectivity index (χ0) is 22.7. The van der Waals surface area contributed by atoms with Crippen LogP contribution in [0.25, 0.3) is 11.4 Å². The Morgan fingerprint density at radius 2 is 1.69 bits per heavy atom. The molecule has 0 amide bonds. The van der Waals surface area contributed by atoms with Crippen LogP contribution >= 0.6 is 11.8 Å². The van der Waals surface area contributed by atoms with E-state index in [1.165, 1.54) is 4.31 Å². The summed E-state index contributed by atoms with van der Waals surface area (Å²) in [6.07, 6.45) is 0. The van der Waals surface area contributed by atoms with E-state index in [1.54, 1.807) is 30.0 Å². The summed E-state index contributed by atoms with van der Waals surface area (Å²) in [7, 11) is -3.60. The zero-order valence-electron chi connectivity index (χ0n) is 18.5. The first-order valence-electron chi connectivity index (χ1n) is 10.7. The summed E-state index contributed by atoms with van der Waals surface area (Å²) in [5.74, 6) is 0.656. The molecule has 9 heteroatoms. The predicted octanol–water partition coefficient (Wildman–Crippen LogP) is 4.08. The molecule has 1 aromatic heterocycles. The van der Waals surface area contributed by atoms with E-state index in [1.807, 2.05) is 24.3 Å². The molecule has 4 rings (SSSR count). The van der Waals surface area contributed by atoms with Crippen molar-refractivity contribution in [1.82, 2.24) is 19.1 Å². The largest absolute Gasteiger partial charge is 0.379 e. The summed E-state index contributed by atoms with van der Waals surface area (Å²) in [6.45, 7) is 7.90. The highest BCUT2D eigenvalue weighted by molar-refractivity contribution is 7.99. The molecule has 1 atom stereocenters. The lowest BCUT2D eigenvalue weighted by Crippen LogP contribution is -2.40. The van der Waals surface area contributed by atoms with Crippen molar-refractivity contribution in [3.05, 3.63) is 60.2 Å². The minimum Gasteiger partial charge on any atom is -0.379 e. The highest BCUT2D eigenvalue weighted by Gasteiger charge is 2.28. The molecular formula is C23H28N4O3S2. The van der Waals surface area contributed by atoms with Gasteiger partial charge in [-0.05, 0) is 24.6 Å². The molecule has 0 radical (unpaired) electrons. The molecule has 1 unspecified atom stereocenters. The van der Waals surface area contributed by atoms with Gasteiger partial charge in [0.25, 0.3) is 0 Å². The average molecular weight is 473 g/mol. The van der Waals surface area contributed by atoms with Crippen molar-refractivity contribution in [1.29, 1.82) is 0 Å². The number of morpholine rings is 1. The number of rotatable bonds is 7.